The Kier molecular flexibility index (Phi) is 8.45. The molecule has 0 aliphatic heterocycles. The van der Waals surface area contributed by atoms with Crippen LogP contribution in [-0.4, -0.2) is 37.7 Å². The Hall–Kier alpha value is -2.13. The molecule has 0 saturated heterocycles. The van der Waals surface area contributed by atoms with Gasteiger partial charge in [0.05, 0.1) is 4.90 Å². The molecule has 0 radical (unpaired) electrons. The molecule has 9 heteroatoms. The second kappa shape index (κ2) is 9.78. The van der Waals surface area contributed by atoms with Gasteiger partial charge in [-0.3, -0.25) is 4.79 Å². The van der Waals surface area contributed by atoms with E-state index >= 15 is 0 Å². The van der Waals surface area contributed by atoms with Gasteiger partial charge in [-0.2, -0.15) is 4.72 Å². The van der Waals surface area contributed by atoms with E-state index in [0.29, 0.717) is 5.56 Å². The van der Waals surface area contributed by atoms with Crippen LogP contribution in [0.3, 0.4) is 0 Å². The van der Waals surface area contributed by atoms with Gasteiger partial charge in [-0.15, -0.1) is 0 Å². The van der Waals surface area contributed by atoms with E-state index in [1.165, 1.54) is 6.07 Å². The van der Waals surface area contributed by atoms with E-state index in [1.807, 2.05) is 0 Å². The van der Waals surface area contributed by atoms with Gasteiger partial charge in [-0.1, -0.05) is 32.0 Å². The molecule has 1 amide bonds. The Bertz CT molecular complexity index is 851. The summed E-state index contributed by atoms with van der Waals surface area (Å²) in [5.74, 6) is -0.980. The van der Waals surface area contributed by atoms with Crippen molar-refractivity contribution in [3.8, 4) is 0 Å². The molecule has 30 heavy (non-hydrogen) atoms. The molecule has 1 atom stereocenters. The minimum atomic E-state index is -4.06. The van der Waals surface area contributed by atoms with Crippen molar-refractivity contribution >= 4 is 22.1 Å². The summed E-state index contributed by atoms with van der Waals surface area (Å²) in [5, 5.41) is 2.55. The van der Waals surface area contributed by atoms with Crippen LogP contribution in [0.4, 0.5) is 4.79 Å². The van der Waals surface area contributed by atoms with Gasteiger partial charge >= 0.3 is 12.1 Å². The second-order valence-electron chi connectivity index (χ2n) is 9.34. The Morgan fingerprint density at radius 3 is 2.00 bits per heavy atom. The molecule has 0 aliphatic carbocycles. The smallest absolute Gasteiger partial charge is 0.407 e. The lowest BCUT2D eigenvalue weighted by Crippen LogP contribution is -2.47. The highest BCUT2D eigenvalue weighted by Gasteiger charge is 2.33. The number of hydrogen-bond donors (Lipinski definition) is 2. The molecule has 0 heterocycles. The van der Waals surface area contributed by atoms with Crippen molar-refractivity contribution in [3.05, 3.63) is 29.8 Å². The third-order valence-electron chi connectivity index (χ3n) is 3.69. The van der Waals surface area contributed by atoms with Crippen molar-refractivity contribution in [1.82, 2.24) is 10.0 Å². The van der Waals surface area contributed by atoms with E-state index in [4.69, 9.17) is 9.47 Å². The summed E-state index contributed by atoms with van der Waals surface area (Å²) in [6.45, 7) is 13.8. The van der Waals surface area contributed by atoms with Gasteiger partial charge in [0.15, 0.2) is 0 Å². The van der Waals surface area contributed by atoms with Gasteiger partial charge in [-0.05, 0) is 59.1 Å². The van der Waals surface area contributed by atoms with Crippen LogP contribution in [0.25, 0.3) is 0 Å². The molecule has 0 spiro atoms. The monoisotopic (exact) mass is 442 g/mol. The van der Waals surface area contributed by atoms with E-state index in [9.17, 15) is 18.0 Å². The van der Waals surface area contributed by atoms with Crippen LogP contribution in [0.15, 0.2) is 29.2 Å². The summed E-state index contributed by atoms with van der Waals surface area (Å²) in [6.07, 6.45) is -0.656. The minimum absolute atomic E-state index is 0.0322. The van der Waals surface area contributed by atoms with Crippen molar-refractivity contribution in [1.29, 1.82) is 0 Å². The largest absolute Gasteiger partial charge is 0.459 e. The van der Waals surface area contributed by atoms with Crippen LogP contribution in [0.2, 0.25) is 0 Å². The van der Waals surface area contributed by atoms with Gasteiger partial charge < -0.3 is 14.8 Å². The summed E-state index contributed by atoms with van der Waals surface area (Å²) in [4.78, 5) is 24.4. The third kappa shape index (κ3) is 8.71. The molecule has 0 aromatic heterocycles. The average molecular weight is 443 g/mol. The second-order valence-corrected chi connectivity index (χ2v) is 11.0. The Labute approximate surface area is 179 Å². The zero-order chi connectivity index (χ0) is 23.3. The summed E-state index contributed by atoms with van der Waals surface area (Å²) in [6, 6.07) is 5.19. The molecule has 8 nitrogen and oxygen atoms in total. The number of sulfonamides is 1. The molecule has 0 unspecified atom stereocenters. The molecular weight excluding hydrogens is 408 g/mol. The number of benzene rings is 1. The number of esters is 1. The molecule has 1 aromatic rings. The van der Waals surface area contributed by atoms with Gasteiger partial charge in [0, 0.05) is 6.54 Å². The van der Waals surface area contributed by atoms with Crippen molar-refractivity contribution in [2.45, 2.75) is 84.1 Å². The minimum Gasteiger partial charge on any atom is -0.459 e. The average Bonchev–Trinajstić information content (AvgIpc) is 2.54. The van der Waals surface area contributed by atoms with Crippen molar-refractivity contribution < 1.29 is 27.5 Å². The quantitative estimate of drug-likeness (QED) is 0.627. The molecule has 2 N–H and O–H groups in total. The SMILES string of the molecule is CC(C)[C@H](NS(=O)(=O)c1ccccc1CNC(=O)OC(C)(C)C)C(=O)OC(C)(C)C. The van der Waals surface area contributed by atoms with Crippen LogP contribution in [0.5, 0.6) is 0 Å². The highest BCUT2D eigenvalue weighted by Crippen LogP contribution is 2.19. The van der Waals surface area contributed by atoms with E-state index in [-0.39, 0.29) is 17.4 Å². The fourth-order valence-electron chi connectivity index (χ4n) is 2.45. The number of nitrogens with one attached hydrogen (secondary N) is 2. The predicted molar refractivity (Wildman–Crippen MR) is 114 cm³/mol. The van der Waals surface area contributed by atoms with Gasteiger partial charge in [0.2, 0.25) is 10.0 Å². The van der Waals surface area contributed by atoms with Crippen LogP contribution in [0.1, 0.15) is 61.0 Å². The topological polar surface area (TPSA) is 111 Å². The first-order valence-electron chi connectivity index (χ1n) is 9.82. The zero-order valence-electron chi connectivity index (χ0n) is 19.0. The van der Waals surface area contributed by atoms with Crippen LogP contribution in [-0.2, 0) is 30.8 Å². The first-order chi connectivity index (χ1) is 13.5. The molecule has 0 bridgehead atoms. The number of carbonyl (C=O) groups is 2. The van der Waals surface area contributed by atoms with Crippen LogP contribution < -0.4 is 10.0 Å². The fourth-order valence-corrected chi connectivity index (χ4v) is 4.02. The highest BCUT2D eigenvalue weighted by atomic mass is 32.2. The first-order valence-corrected chi connectivity index (χ1v) is 11.3. The standard InChI is InChI=1S/C21H34N2O6S/c1-14(2)17(18(24)28-20(3,4)5)23-30(26,27)16-12-10-9-11-15(16)13-22-19(25)29-21(6,7)8/h9-12,14,17,23H,13H2,1-8H3,(H,22,25)/t17-/m0/s1. The Morgan fingerprint density at radius 1 is 0.967 bits per heavy atom. The summed E-state index contributed by atoms with van der Waals surface area (Å²) < 4.78 is 39.1. The normalized spacial score (nSPS) is 13.6. The lowest BCUT2D eigenvalue weighted by Gasteiger charge is -2.26. The maximum atomic E-state index is 13.0. The van der Waals surface area contributed by atoms with Crippen LogP contribution in [0, 0.1) is 5.92 Å². The molecule has 170 valence electrons. The molecule has 0 saturated carbocycles. The van der Waals surface area contributed by atoms with E-state index in [1.54, 1.807) is 73.6 Å². The predicted octanol–water partition coefficient (Wildman–Crippen LogP) is 3.36. The number of hydrogen-bond acceptors (Lipinski definition) is 6. The summed E-state index contributed by atoms with van der Waals surface area (Å²) in [5.41, 5.74) is -1.05. The van der Waals surface area contributed by atoms with Crippen molar-refractivity contribution in [3.63, 3.8) is 0 Å². The Balaban J connectivity index is 3.06. The fraction of sp³-hybridized carbons (Fsp3) is 0.619. The van der Waals surface area contributed by atoms with Crippen LogP contribution >= 0.6 is 0 Å². The van der Waals surface area contributed by atoms with Gasteiger partial charge in [0.25, 0.3) is 0 Å². The maximum Gasteiger partial charge on any atom is 0.407 e. The van der Waals surface area contributed by atoms with Crippen molar-refractivity contribution in [2.24, 2.45) is 5.92 Å². The number of amides is 1. The lowest BCUT2D eigenvalue weighted by molar-refractivity contribution is -0.158. The van der Waals surface area contributed by atoms with E-state index in [0.717, 1.165) is 0 Å². The van der Waals surface area contributed by atoms with E-state index < -0.39 is 39.3 Å². The maximum absolute atomic E-state index is 13.0. The number of carbonyl (C=O) groups excluding carboxylic acids is 2. The molecule has 1 aromatic carbocycles. The van der Waals surface area contributed by atoms with Gasteiger partial charge in [-0.25, -0.2) is 13.2 Å². The zero-order valence-corrected chi connectivity index (χ0v) is 19.8. The summed E-state index contributed by atoms with van der Waals surface area (Å²) >= 11 is 0. The lowest BCUT2D eigenvalue weighted by atomic mass is 10.1. The molecular formula is C21H34N2O6S. The molecule has 0 aliphatic rings. The number of ether oxygens (including phenoxy) is 2. The summed E-state index contributed by atoms with van der Waals surface area (Å²) in [7, 11) is -4.06. The number of alkyl carbamates (subject to hydrolysis) is 1. The van der Waals surface area contributed by atoms with Gasteiger partial charge in [0.1, 0.15) is 17.2 Å². The Morgan fingerprint density at radius 2 is 1.50 bits per heavy atom. The molecule has 0 fully saturated rings. The molecule has 1 rings (SSSR count). The number of rotatable bonds is 7. The first kappa shape index (κ1) is 25.9. The van der Waals surface area contributed by atoms with E-state index in [2.05, 4.69) is 10.0 Å². The highest BCUT2D eigenvalue weighted by molar-refractivity contribution is 7.89. The van der Waals surface area contributed by atoms with Crippen molar-refractivity contribution in [2.75, 3.05) is 0 Å². The third-order valence-corrected chi connectivity index (χ3v) is 5.24.